The van der Waals surface area contributed by atoms with E-state index in [-0.39, 0.29) is 0 Å². The molecule has 20 heavy (non-hydrogen) atoms. The number of nitrogens with one attached hydrogen (secondary N) is 1. The molecule has 10 heteroatoms. The van der Waals surface area contributed by atoms with Gasteiger partial charge >= 0.3 is 11.4 Å². The number of aliphatic hydroxyl groups excluding tert-OH is 2. The molecule has 2 heterocycles. The Kier molecular flexibility index (Phi) is 3.94. The number of aliphatic hydroxyl groups is 2. The Morgan fingerprint density at radius 2 is 2.35 bits per heavy atom. The van der Waals surface area contributed by atoms with Crippen molar-refractivity contribution < 1.29 is 14.9 Å². The van der Waals surface area contributed by atoms with E-state index < -0.39 is 42.0 Å². The maximum atomic E-state index is 11.7. The van der Waals surface area contributed by atoms with Crippen LogP contribution in [0.15, 0.2) is 15.9 Å². The highest BCUT2D eigenvalue weighted by atomic mass is 35.5. The molecule has 1 fully saturated rings. The molecule has 0 bridgehead atoms. The number of ether oxygens (including phenoxy) is 1. The van der Waals surface area contributed by atoms with Gasteiger partial charge in [0.15, 0.2) is 11.8 Å². The second-order valence-corrected chi connectivity index (χ2v) is 4.38. The number of rotatable bonds is 2. The molecule has 9 nitrogen and oxygen atoms in total. The maximum Gasteiger partial charge on any atom is 0.350 e. The summed E-state index contributed by atoms with van der Waals surface area (Å²) in [6.45, 7) is -0.536. The Hall–Kier alpha value is -1.70. The van der Waals surface area contributed by atoms with Gasteiger partial charge in [-0.3, -0.25) is 9.55 Å². The Labute approximate surface area is 117 Å². The number of hydrogen-bond donors (Lipinski definition) is 4. The molecule has 0 saturated carbocycles. The van der Waals surface area contributed by atoms with Gasteiger partial charge in [0.2, 0.25) is 0 Å². The first-order valence-electron chi connectivity index (χ1n) is 5.47. The summed E-state index contributed by atoms with van der Waals surface area (Å²) in [4.78, 5) is 28.0. The lowest BCUT2D eigenvalue weighted by atomic mass is 9.92. The molecule has 0 spiro atoms. The SMILES string of the molecule is NC1(C#CCl)[C@@H](O)[C@@H](CO)O[C@H]1n1cnc(=O)[nH]c1=O. The van der Waals surface area contributed by atoms with Crippen LogP contribution in [0.1, 0.15) is 6.23 Å². The molecule has 5 N–H and O–H groups in total. The van der Waals surface area contributed by atoms with Gasteiger partial charge in [0.05, 0.1) is 6.61 Å². The summed E-state index contributed by atoms with van der Waals surface area (Å²) in [5.41, 5.74) is 2.52. The third-order valence-electron chi connectivity index (χ3n) is 3.00. The van der Waals surface area contributed by atoms with Gasteiger partial charge in [-0.15, -0.1) is 0 Å². The predicted molar refractivity (Wildman–Crippen MR) is 66.7 cm³/mol. The van der Waals surface area contributed by atoms with Crippen molar-refractivity contribution in [3.05, 3.63) is 27.3 Å². The van der Waals surface area contributed by atoms with E-state index in [1.54, 1.807) is 0 Å². The van der Waals surface area contributed by atoms with E-state index in [4.69, 9.17) is 27.2 Å². The number of nitrogens with two attached hydrogens (primary N) is 1. The largest absolute Gasteiger partial charge is 0.394 e. The zero-order chi connectivity index (χ0) is 14.9. The van der Waals surface area contributed by atoms with Crippen LogP contribution >= 0.6 is 11.6 Å². The van der Waals surface area contributed by atoms with Crippen molar-refractivity contribution in [2.45, 2.75) is 24.0 Å². The highest BCUT2D eigenvalue weighted by Gasteiger charge is 2.54. The predicted octanol–water partition coefficient (Wildman–Crippen LogP) is -2.92. The summed E-state index contributed by atoms with van der Waals surface area (Å²) in [5.74, 6) is 2.35. The van der Waals surface area contributed by atoms with Gasteiger partial charge in [0.1, 0.15) is 18.5 Å². The van der Waals surface area contributed by atoms with Crippen molar-refractivity contribution in [1.29, 1.82) is 0 Å². The number of H-pyrrole nitrogens is 1. The Morgan fingerprint density at radius 3 is 2.90 bits per heavy atom. The molecule has 1 aromatic heterocycles. The Morgan fingerprint density at radius 1 is 1.65 bits per heavy atom. The normalized spacial score (nSPS) is 32.7. The molecular weight excluding hydrogens is 292 g/mol. The topological polar surface area (TPSA) is 143 Å². The molecule has 0 aromatic carbocycles. The molecule has 1 aliphatic rings. The van der Waals surface area contributed by atoms with Gasteiger partial charge in [-0.1, -0.05) is 5.92 Å². The van der Waals surface area contributed by atoms with E-state index in [0.717, 1.165) is 10.9 Å². The summed E-state index contributed by atoms with van der Waals surface area (Å²) in [6, 6.07) is 0. The number of aromatic amines is 1. The van der Waals surface area contributed by atoms with Crippen LogP contribution in [0.4, 0.5) is 0 Å². The third-order valence-corrected chi connectivity index (χ3v) is 3.09. The quantitative estimate of drug-likeness (QED) is 0.428. The van der Waals surface area contributed by atoms with E-state index in [1.165, 1.54) is 0 Å². The number of halogens is 1. The summed E-state index contributed by atoms with van der Waals surface area (Å²) < 4.78 is 6.18. The minimum Gasteiger partial charge on any atom is -0.394 e. The van der Waals surface area contributed by atoms with Gasteiger partial charge in [0.25, 0.3) is 0 Å². The van der Waals surface area contributed by atoms with Gasteiger partial charge in [-0.2, -0.15) is 4.98 Å². The Balaban J connectivity index is 2.55. The lowest BCUT2D eigenvalue weighted by Crippen LogP contribution is -2.55. The summed E-state index contributed by atoms with van der Waals surface area (Å²) >= 11 is 5.31. The van der Waals surface area contributed by atoms with Crippen molar-refractivity contribution in [3.8, 4) is 11.3 Å². The van der Waals surface area contributed by atoms with Crippen molar-refractivity contribution in [2.75, 3.05) is 6.61 Å². The van der Waals surface area contributed by atoms with E-state index in [2.05, 4.69) is 10.9 Å². The highest BCUT2D eigenvalue weighted by molar-refractivity contribution is 6.30. The van der Waals surface area contributed by atoms with E-state index in [0.29, 0.717) is 0 Å². The van der Waals surface area contributed by atoms with Crippen LogP contribution in [-0.2, 0) is 4.74 Å². The van der Waals surface area contributed by atoms with Crippen LogP contribution in [0.3, 0.4) is 0 Å². The fraction of sp³-hybridized carbons (Fsp3) is 0.500. The maximum absolute atomic E-state index is 11.7. The summed E-state index contributed by atoms with van der Waals surface area (Å²) in [5, 5.41) is 21.2. The molecular formula is C10H11ClN4O5. The smallest absolute Gasteiger partial charge is 0.350 e. The lowest BCUT2D eigenvalue weighted by Gasteiger charge is -2.27. The molecule has 1 aromatic rings. The highest BCUT2D eigenvalue weighted by Crippen LogP contribution is 2.35. The molecule has 1 unspecified atom stereocenters. The Bertz CT molecular complexity index is 676. The van der Waals surface area contributed by atoms with Gasteiger partial charge in [0, 0.05) is 5.38 Å². The van der Waals surface area contributed by atoms with Crippen LogP contribution in [0.25, 0.3) is 0 Å². The first kappa shape index (κ1) is 14.7. The molecule has 108 valence electrons. The number of aromatic nitrogens is 3. The van der Waals surface area contributed by atoms with Crippen molar-refractivity contribution in [3.63, 3.8) is 0 Å². The fourth-order valence-corrected chi connectivity index (χ4v) is 2.15. The molecule has 0 amide bonds. The van der Waals surface area contributed by atoms with E-state index in [1.807, 2.05) is 10.4 Å². The van der Waals surface area contributed by atoms with E-state index >= 15 is 0 Å². The molecule has 1 aliphatic heterocycles. The van der Waals surface area contributed by atoms with Crippen LogP contribution < -0.4 is 17.1 Å². The van der Waals surface area contributed by atoms with Crippen LogP contribution in [-0.4, -0.2) is 49.1 Å². The van der Waals surface area contributed by atoms with Gasteiger partial charge in [-0.05, 0) is 11.6 Å². The van der Waals surface area contributed by atoms with Gasteiger partial charge in [-0.25, -0.2) is 9.59 Å². The van der Waals surface area contributed by atoms with Crippen LogP contribution in [0.5, 0.6) is 0 Å². The second kappa shape index (κ2) is 5.35. The zero-order valence-electron chi connectivity index (χ0n) is 9.99. The minimum atomic E-state index is -1.74. The molecule has 0 radical (unpaired) electrons. The monoisotopic (exact) mass is 302 g/mol. The first-order chi connectivity index (χ1) is 9.43. The molecule has 0 aliphatic carbocycles. The van der Waals surface area contributed by atoms with Crippen LogP contribution in [0, 0.1) is 11.3 Å². The van der Waals surface area contributed by atoms with Crippen molar-refractivity contribution >= 4 is 11.6 Å². The average molecular weight is 303 g/mol. The van der Waals surface area contributed by atoms with E-state index in [9.17, 15) is 14.7 Å². The average Bonchev–Trinajstić information content (AvgIpc) is 2.63. The van der Waals surface area contributed by atoms with Gasteiger partial charge < -0.3 is 20.7 Å². The third kappa shape index (κ3) is 2.24. The summed E-state index contributed by atoms with van der Waals surface area (Å²) in [7, 11) is 0. The lowest BCUT2D eigenvalue weighted by molar-refractivity contribution is -0.0481. The molecule has 2 rings (SSSR count). The molecule has 4 atom stereocenters. The number of hydrogen-bond acceptors (Lipinski definition) is 7. The first-order valence-corrected chi connectivity index (χ1v) is 5.85. The standard InChI is InChI=1S/C10H11ClN4O5/c11-2-1-10(12)6(17)5(3-16)20-7(10)15-4-13-8(18)14-9(15)19/h4-7,16-17H,3,12H2,(H,14,18,19)/t5-,6+,7-,10?/m1/s1. The summed E-state index contributed by atoms with van der Waals surface area (Å²) in [6.07, 6.45) is -2.79. The number of nitrogens with zero attached hydrogens (tertiary/aromatic N) is 2. The minimum absolute atomic E-state index is 0.536. The molecule has 1 saturated heterocycles. The zero-order valence-corrected chi connectivity index (χ0v) is 10.7. The second-order valence-electron chi connectivity index (χ2n) is 4.19. The van der Waals surface area contributed by atoms with Crippen molar-refractivity contribution in [1.82, 2.24) is 14.5 Å². The fourth-order valence-electron chi connectivity index (χ4n) is 1.98. The van der Waals surface area contributed by atoms with Crippen molar-refractivity contribution in [2.24, 2.45) is 5.73 Å². The van der Waals surface area contributed by atoms with Crippen LogP contribution in [0.2, 0.25) is 0 Å².